The molecular weight excluding hydrogens is 286 g/mol. The SMILES string of the molecule is CCNc1cc(NCCN2CCSCC2)nc(COC)n1. The monoisotopic (exact) mass is 311 g/mol. The van der Waals surface area contributed by atoms with Crippen molar-refractivity contribution in [3.05, 3.63) is 11.9 Å². The van der Waals surface area contributed by atoms with Crippen molar-refractivity contribution in [3.63, 3.8) is 0 Å². The zero-order valence-electron chi connectivity index (χ0n) is 12.9. The van der Waals surface area contributed by atoms with Gasteiger partial charge in [-0.2, -0.15) is 11.8 Å². The van der Waals surface area contributed by atoms with Gasteiger partial charge >= 0.3 is 0 Å². The van der Waals surface area contributed by atoms with Gasteiger partial charge in [-0.15, -0.1) is 0 Å². The van der Waals surface area contributed by atoms with Crippen LogP contribution >= 0.6 is 11.8 Å². The molecule has 6 nitrogen and oxygen atoms in total. The number of methoxy groups -OCH3 is 1. The summed E-state index contributed by atoms with van der Waals surface area (Å²) >= 11 is 2.04. The van der Waals surface area contributed by atoms with E-state index in [1.807, 2.05) is 17.8 Å². The molecule has 2 rings (SSSR count). The molecule has 1 aliphatic heterocycles. The number of thioether (sulfide) groups is 1. The first-order valence-electron chi connectivity index (χ1n) is 7.46. The second-order valence-corrected chi connectivity index (χ2v) is 6.12. The molecule has 0 aliphatic carbocycles. The van der Waals surface area contributed by atoms with Crippen molar-refractivity contribution in [2.75, 3.05) is 62.0 Å². The Balaban J connectivity index is 1.87. The highest BCUT2D eigenvalue weighted by Gasteiger charge is 2.10. The zero-order chi connectivity index (χ0) is 14.9. The van der Waals surface area contributed by atoms with Gasteiger partial charge < -0.3 is 15.4 Å². The molecule has 1 saturated heterocycles. The minimum absolute atomic E-state index is 0.428. The fourth-order valence-corrected chi connectivity index (χ4v) is 3.20. The lowest BCUT2D eigenvalue weighted by Gasteiger charge is -2.26. The molecule has 118 valence electrons. The summed E-state index contributed by atoms with van der Waals surface area (Å²) in [6.45, 7) is 7.66. The number of aromatic nitrogens is 2. The first kappa shape index (κ1) is 16.3. The van der Waals surface area contributed by atoms with E-state index in [4.69, 9.17) is 4.74 Å². The number of hydrogen-bond acceptors (Lipinski definition) is 7. The van der Waals surface area contributed by atoms with Crippen LogP contribution in [0.2, 0.25) is 0 Å². The molecule has 1 aromatic rings. The van der Waals surface area contributed by atoms with Crippen LogP contribution in [0.4, 0.5) is 11.6 Å². The molecule has 0 spiro atoms. The van der Waals surface area contributed by atoms with Crippen molar-refractivity contribution in [3.8, 4) is 0 Å². The lowest BCUT2D eigenvalue weighted by Crippen LogP contribution is -2.36. The van der Waals surface area contributed by atoms with Crippen molar-refractivity contribution in [2.45, 2.75) is 13.5 Å². The third-order valence-corrected chi connectivity index (χ3v) is 4.18. The number of ether oxygens (including phenoxy) is 1. The molecule has 7 heteroatoms. The maximum Gasteiger partial charge on any atom is 0.158 e. The summed E-state index contributed by atoms with van der Waals surface area (Å²) in [6.07, 6.45) is 0. The summed E-state index contributed by atoms with van der Waals surface area (Å²) in [5.41, 5.74) is 0. The molecule has 21 heavy (non-hydrogen) atoms. The van der Waals surface area contributed by atoms with Crippen LogP contribution in [-0.4, -0.2) is 66.2 Å². The normalized spacial score (nSPS) is 15.9. The Morgan fingerprint density at radius 2 is 1.95 bits per heavy atom. The molecule has 0 radical (unpaired) electrons. The van der Waals surface area contributed by atoms with E-state index in [2.05, 4.69) is 32.4 Å². The van der Waals surface area contributed by atoms with E-state index >= 15 is 0 Å². The molecule has 1 fully saturated rings. The lowest BCUT2D eigenvalue weighted by molar-refractivity contribution is 0.178. The van der Waals surface area contributed by atoms with Gasteiger partial charge in [0, 0.05) is 57.4 Å². The molecule has 2 N–H and O–H groups in total. The number of nitrogens with one attached hydrogen (secondary N) is 2. The Kier molecular flexibility index (Phi) is 7.05. The van der Waals surface area contributed by atoms with E-state index < -0.39 is 0 Å². The largest absolute Gasteiger partial charge is 0.377 e. The predicted molar refractivity (Wildman–Crippen MR) is 89.2 cm³/mol. The quantitative estimate of drug-likeness (QED) is 0.754. The van der Waals surface area contributed by atoms with E-state index in [1.54, 1.807) is 7.11 Å². The summed E-state index contributed by atoms with van der Waals surface area (Å²) < 4.78 is 5.12. The Labute approximate surface area is 131 Å². The summed E-state index contributed by atoms with van der Waals surface area (Å²) in [5, 5.41) is 6.62. The summed E-state index contributed by atoms with van der Waals surface area (Å²) in [5.74, 6) is 4.90. The van der Waals surface area contributed by atoms with Gasteiger partial charge in [0.15, 0.2) is 5.82 Å². The Hall–Kier alpha value is -1.05. The van der Waals surface area contributed by atoms with Crippen molar-refractivity contribution in [2.24, 2.45) is 0 Å². The number of anilines is 2. The highest BCUT2D eigenvalue weighted by Crippen LogP contribution is 2.12. The standard InChI is InChI=1S/C14H25N5OS/c1-3-15-12-10-13(18-14(17-12)11-20-2)16-4-5-19-6-8-21-9-7-19/h10H,3-9,11H2,1-2H3,(H2,15,16,17,18). The third-order valence-electron chi connectivity index (χ3n) is 3.24. The van der Waals surface area contributed by atoms with Crippen molar-refractivity contribution >= 4 is 23.4 Å². The van der Waals surface area contributed by atoms with Crippen molar-refractivity contribution in [1.29, 1.82) is 0 Å². The van der Waals surface area contributed by atoms with Gasteiger partial charge in [0.1, 0.15) is 18.2 Å². The van der Waals surface area contributed by atoms with Crippen LogP contribution in [0.1, 0.15) is 12.7 Å². The van der Waals surface area contributed by atoms with Gasteiger partial charge in [-0.3, -0.25) is 4.90 Å². The molecule has 0 atom stereocenters. The average molecular weight is 311 g/mol. The Morgan fingerprint density at radius 3 is 2.62 bits per heavy atom. The Bertz CT molecular complexity index is 402. The van der Waals surface area contributed by atoms with Crippen molar-refractivity contribution in [1.82, 2.24) is 14.9 Å². The summed E-state index contributed by atoms with van der Waals surface area (Å²) in [7, 11) is 1.66. The second kappa shape index (κ2) is 9.07. The van der Waals surface area contributed by atoms with Crippen LogP contribution in [-0.2, 0) is 11.3 Å². The van der Waals surface area contributed by atoms with Gasteiger partial charge in [0.05, 0.1) is 0 Å². The maximum absolute atomic E-state index is 5.12. The number of nitrogens with zero attached hydrogens (tertiary/aromatic N) is 3. The van der Waals surface area contributed by atoms with Crippen LogP contribution in [0.3, 0.4) is 0 Å². The van der Waals surface area contributed by atoms with E-state index in [1.165, 1.54) is 24.6 Å². The molecule has 1 aliphatic rings. The highest BCUT2D eigenvalue weighted by atomic mass is 32.2. The first-order chi connectivity index (χ1) is 10.3. The summed E-state index contributed by atoms with van der Waals surface area (Å²) in [6, 6.07) is 1.95. The molecular formula is C14H25N5OS. The molecule has 0 bridgehead atoms. The van der Waals surface area contributed by atoms with E-state index in [9.17, 15) is 0 Å². The zero-order valence-corrected chi connectivity index (χ0v) is 13.7. The fourth-order valence-electron chi connectivity index (χ4n) is 2.22. The number of hydrogen-bond donors (Lipinski definition) is 2. The third kappa shape index (κ3) is 5.68. The smallest absolute Gasteiger partial charge is 0.158 e. The van der Waals surface area contributed by atoms with Crippen LogP contribution in [0.5, 0.6) is 0 Å². The minimum Gasteiger partial charge on any atom is -0.377 e. The van der Waals surface area contributed by atoms with Crippen LogP contribution < -0.4 is 10.6 Å². The van der Waals surface area contributed by atoms with E-state index in [-0.39, 0.29) is 0 Å². The van der Waals surface area contributed by atoms with Gasteiger partial charge in [-0.25, -0.2) is 9.97 Å². The second-order valence-electron chi connectivity index (χ2n) is 4.90. The lowest BCUT2D eigenvalue weighted by atomic mass is 10.4. The molecule has 1 aromatic heterocycles. The topological polar surface area (TPSA) is 62.3 Å². The van der Waals surface area contributed by atoms with Gasteiger partial charge in [0.25, 0.3) is 0 Å². The van der Waals surface area contributed by atoms with Crippen LogP contribution in [0.25, 0.3) is 0 Å². The maximum atomic E-state index is 5.12. The minimum atomic E-state index is 0.428. The molecule has 0 aromatic carbocycles. The first-order valence-corrected chi connectivity index (χ1v) is 8.62. The highest BCUT2D eigenvalue weighted by molar-refractivity contribution is 7.99. The van der Waals surface area contributed by atoms with Crippen LogP contribution in [0.15, 0.2) is 6.07 Å². The summed E-state index contributed by atoms with van der Waals surface area (Å²) in [4.78, 5) is 11.4. The van der Waals surface area contributed by atoms with E-state index in [0.29, 0.717) is 12.4 Å². The predicted octanol–water partition coefficient (Wildman–Crippen LogP) is 1.52. The van der Waals surface area contributed by atoms with E-state index in [0.717, 1.165) is 31.3 Å². The van der Waals surface area contributed by atoms with Crippen molar-refractivity contribution < 1.29 is 4.74 Å². The Morgan fingerprint density at radius 1 is 1.24 bits per heavy atom. The van der Waals surface area contributed by atoms with Gasteiger partial charge in [0.2, 0.25) is 0 Å². The van der Waals surface area contributed by atoms with Gasteiger partial charge in [-0.05, 0) is 6.92 Å². The van der Waals surface area contributed by atoms with Crippen LogP contribution in [0, 0.1) is 0 Å². The number of rotatable bonds is 8. The molecule has 0 unspecified atom stereocenters. The molecule has 0 amide bonds. The molecule has 0 saturated carbocycles. The fraction of sp³-hybridized carbons (Fsp3) is 0.714. The molecule has 2 heterocycles. The average Bonchev–Trinajstić information content (AvgIpc) is 2.49. The van der Waals surface area contributed by atoms with Gasteiger partial charge in [-0.1, -0.05) is 0 Å².